The van der Waals surface area contributed by atoms with Gasteiger partial charge in [0.25, 0.3) is 11.8 Å². The number of ether oxygens (including phenoxy) is 1. The van der Waals surface area contributed by atoms with E-state index in [0.29, 0.717) is 22.8 Å². The monoisotopic (exact) mass is 471 g/mol. The van der Waals surface area contributed by atoms with Crippen LogP contribution in [0.4, 0.5) is 0 Å². The van der Waals surface area contributed by atoms with E-state index in [1.165, 1.54) is 6.21 Å². The van der Waals surface area contributed by atoms with Crippen molar-refractivity contribution in [3.8, 4) is 5.75 Å². The van der Waals surface area contributed by atoms with E-state index in [-0.39, 0.29) is 24.5 Å². The van der Waals surface area contributed by atoms with E-state index >= 15 is 0 Å². The average molecular weight is 472 g/mol. The van der Waals surface area contributed by atoms with E-state index < -0.39 is 0 Å². The fourth-order valence-corrected chi connectivity index (χ4v) is 3.13. The standard InChI is InChI=1S/C21H22BrN5O3/c1-13(2)24-19(28)12-30-17-7-4-15(5-8-17)10-23-26-21(29)20-14(3)25-18-9-6-16(22)11-27(18)20/h4-11,13H,12H2,1-3H3,(H,24,28)(H,26,29)/b23-10-. The average Bonchev–Trinajstić information content (AvgIpc) is 3.01. The van der Waals surface area contributed by atoms with Gasteiger partial charge in [-0.15, -0.1) is 0 Å². The van der Waals surface area contributed by atoms with E-state index in [9.17, 15) is 9.59 Å². The van der Waals surface area contributed by atoms with Crippen molar-refractivity contribution in [2.24, 2.45) is 5.10 Å². The van der Waals surface area contributed by atoms with Crippen molar-refractivity contribution in [3.63, 3.8) is 0 Å². The van der Waals surface area contributed by atoms with Gasteiger partial charge in [-0.25, -0.2) is 10.4 Å². The molecule has 0 fully saturated rings. The first-order chi connectivity index (χ1) is 14.3. The van der Waals surface area contributed by atoms with E-state index in [2.05, 4.69) is 36.8 Å². The number of aromatic nitrogens is 2. The molecule has 0 atom stereocenters. The minimum atomic E-state index is -0.356. The summed E-state index contributed by atoms with van der Waals surface area (Å²) in [6, 6.07) is 10.8. The number of aryl methyl sites for hydroxylation is 1. The molecule has 8 nitrogen and oxygen atoms in total. The zero-order chi connectivity index (χ0) is 21.7. The van der Waals surface area contributed by atoms with Gasteiger partial charge in [0, 0.05) is 16.7 Å². The van der Waals surface area contributed by atoms with E-state index in [1.807, 2.05) is 26.0 Å². The van der Waals surface area contributed by atoms with Crippen molar-refractivity contribution >= 4 is 39.6 Å². The number of halogens is 1. The number of amides is 2. The van der Waals surface area contributed by atoms with Gasteiger partial charge in [0.05, 0.1) is 11.9 Å². The first-order valence-electron chi connectivity index (χ1n) is 9.33. The summed E-state index contributed by atoms with van der Waals surface area (Å²) in [6.45, 7) is 5.51. The number of hydrazone groups is 1. The van der Waals surface area contributed by atoms with Crippen LogP contribution in [0.3, 0.4) is 0 Å². The van der Waals surface area contributed by atoms with Gasteiger partial charge in [-0.05, 0) is 78.7 Å². The lowest BCUT2D eigenvalue weighted by molar-refractivity contribution is -0.123. The Morgan fingerprint density at radius 1 is 1.23 bits per heavy atom. The Hall–Kier alpha value is -3.20. The minimum absolute atomic E-state index is 0.0452. The lowest BCUT2D eigenvalue weighted by Gasteiger charge is -2.09. The highest BCUT2D eigenvalue weighted by Gasteiger charge is 2.16. The fourth-order valence-electron chi connectivity index (χ4n) is 2.79. The van der Waals surface area contributed by atoms with Gasteiger partial charge in [-0.1, -0.05) is 0 Å². The van der Waals surface area contributed by atoms with Crippen molar-refractivity contribution in [1.82, 2.24) is 20.1 Å². The minimum Gasteiger partial charge on any atom is -0.484 e. The first-order valence-corrected chi connectivity index (χ1v) is 10.1. The highest BCUT2D eigenvalue weighted by molar-refractivity contribution is 9.10. The van der Waals surface area contributed by atoms with Gasteiger partial charge in [-0.3, -0.25) is 14.0 Å². The number of fused-ring (bicyclic) bond motifs is 1. The summed E-state index contributed by atoms with van der Waals surface area (Å²) in [5.41, 5.74) is 5.02. The van der Waals surface area contributed by atoms with Crippen molar-refractivity contribution in [1.29, 1.82) is 0 Å². The van der Waals surface area contributed by atoms with Crippen molar-refractivity contribution in [3.05, 3.63) is 64.0 Å². The summed E-state index contributed by atoms with van der Waals surface area (Å²) in [6.07, 6.45) is 3.32. The van der Waals surface area contributed by atoms with Crippen molar-refractivity contribution < 1.29 is 14.3 Å². The molecule has 0 spiro atoms. The van der Waals surface area contributed by atoms with Crippen LogP contribution in [0.25, 0.3) is 5.65 Å². The van der Waals surface area contributed by atoms with Crippen LogP contribution in [0.2, 0.25) is 0 Å². The second-order valence-electron chi connectivity index (χ2n) is 6.90. The van der Waals surface area contributed by atoms with Crippen LogP contribution in [0.5, 0.6) is 5.75 Å². The van der Waals surface area contributed by atoms with Crippen molar-refractivity contribution in [2.45, 2.75) is 26.8 Å². The Morgan fingerprint density at radius 2 is 1.97 bits per heavy atom. The summed E-state index contributed by atoms with van der Waals surface area (Å²) in [7, 11) is 0. The third-order valence-electron chi connectivity index (χ3n) is 4.05. The molecule has 0 saturated heterocycles. The summed E-state index contributed by atoms with van der Waals surface area (Å²) >= 11 is 3.40. The summed E-state index contributed by atoms with van der Waals surface area (Å²) in [5.74, 6) is 0.0422. The topological polar surface area (TPSA) is 97.1 Å². The maximum atomic E-state index is 12.6. The van der Waals surface area contributed by atoms with Gasteiger partial charge in [-0.2, -0.15) is 5.10 Å². The molecule has 0 aliphatic rings. The van der Waals surface area contributed by atoms with Gasteiger partial charge in [0.2, 0.25) is 0 Å². The van der Waals surface area contributed by atoms with Gasteiger partial charge >= 0.3 is 0 Å². The molecule has 0 unspecified atom stereocenters. The number of imidazole rings is 1. The molecule has 0 aliphatic heterocycles. The molecule has 2 aromatic heterocycles. The lowest BCUT2D eigenvalue weighted by Crippen LogP contribution is -2.34. The molecule has 0 radical (unpaired) electrons. The number of carbonyl (C=O) groups is 2. The van der Waals surface area contributed by atoms with Crippen molar-refractivity contribution in [2.75, 3.05) is 6.61 Å². The number of benzene rings is 1. The number of hydrogen-bond donors (Lipinski definition) is 2. The van der Waals surface area contributed by atoms with Crippen LogP contribution in [0.15, 0.2) is 52.2 Å². The number of carbonyl (C=O) groups excluding carboxylic acids is 2. The predicted molar refractivity (Wildman–Crippen MR) is 118 cm³/mol. The zero-order valence-electron chi connectivity index (χ0n) is 16.8. The first kappa shape index (κ1) is 21.5. The molecule has 2 heterocycles. The zero-order valence-corrected chi connectivity index (χ0v) is 18.4. The molecular formula is C21H22BrN5O3. The molecule has 2 amide bonds. The van der Waals surface area contributed by atoms with E-state index in [0.717, 1.165) is 10.0 Å². The lowest BCUT2D eigenvalue weighted by atomic mass is 10.2. The van der Waals surface area contributed by atoms with Gasteiger partial charge in [0.1, 0.15) is 17.1 Å². The maximum Gasteiger partial charge on any atom is 0.290 e. The van der Waals surface area contributed by atoms with Crippen LogP contribution in [0, 0.1) is 6.92 Å². The molecule has 156 valence electrons. The molecule has 2 N–H and O–H groups in total. The number of pyridine rings is 1. The molecule has 9 heteroatoms. The number of nitrogens with zero attached hydrogens (tertiary/aromatic N) is 3. The predicted octanol–water partition coefficient (Wildman–Crippen LogP) is 3.07. The van der Waals surface area contributed by atoms with E-state index in [4.69, 9.17) is 4.74 Å². The fraction of sp³-hybridized carbons (Fsp3) is 0.238. The molecule has 0 aliphatic carbocycles. The smallest absolute Gasteiger partial charge is 0.290 e. The Balaban J connectivity index is 1.59. The Morgan fingerprint density at radius 3 is 2.67 bits per heavy atom. The maximum absolute atomic E-state index is 12.6. The summed E-state index contributed by atoms with van der Waals surface area (Å²) in [4.78, 5) is 28.6. The summed E-state index contributed by atoms with van der Waals surface area (Å²) < 4.78 is 7.99. The quantitative estimate of drug-likeness (QED) is 0.408. The molecule has 1 aromatic carbocycles. The Labute approximate surface area is 182 Å². The third-order valence-corrected chi connectivity index (χ3v) is 4.52. The van der Waals surface area contributed by atoms with Gasteiger partial charge in [0.15, 0.2) is 6.61 Å². The number of hydrogen-bond acceptors (Lipinski definition) is 5. The largest absolute Gasteiger partial charge is 0.484 e. The SMILES string of the molecule is Cc1nc2ccc(Br)cn2c1C(=O)N/N=C\c1ccc(OCC(=O)NC(C)C)cc1. The molecule has 3 rings (SSSR count). The van der Waals surface area contributed by atoms with Crippen LogP contribution < -0.4 is 15.5 Å². The highest BCUT2D eigenvalue weighted by Crippen LogP contribution is 2.16. The molecular weight excluding hydrogens is 450 g/mol. The van der Waals surface area contributed by atoms with Crippen LogP contribution in [-0.4, -0.2) is 40.1 Å². The number of nitrogens with one attached hydrogen (secondary N) is 2. The van der Waals surface area contributed by atoms with Crippen LogP contribution in [-0.2, 0) is 4.79 Å². The normalized spacial score (nSPS) is 11.2. The molecule has 3 aromatic rings. The molecule has 0 saturated carbocycles. The third kappa shape index (κ3) is 5.44. The number of rotatable bonds is 7. The molecule has 30 heavy (non-hydrogen) atoms. The van der Waals surface area contributed by atoms with Gasteiger partial charge < -0.3 is 10.1 Å². The van der Waals surface area contributed by atoms with Crippen LogP contribution >= 0.6 is 15.9 Å². The van der Waals surface area contributed by atoms with Crippen LogP contribution in [0.1, 0.15) is 35.6 Å². The van der Waals surface area contributed by atoms with E-state index in [1.54, 1.807) is 41.8 Å². The molecule has 0 bridgehead atoms. The second-order valence-corrected chi connectivity index (χ2v) is 7.82. The highest BCUT2D eigenvalue weighted by atomic mass is 79.9. The summed E-state index contributed by atoms with van der Waals surface area (Å²) in [5, 5.41) is 6.78. The Kier molecular flexibility index (Phi) is 6.83. The Bertz CT molecular complexity index is 1090. The second kappa shape index (κ2) is 9.53.